The van der Waals surface area contributed by atoms with Gasteiger partial charge >= 0.3 is 0 Å². The van der Waals surface area contributed by atoms with E-state index in [9.17, 15) is 14.0 Å². The Balaban J connectivity index is 2.32. The van der Waals surface area contributed by atoms with Crippen LogP contribution in [0.25, 0.3) is 16.5 Å². The van der Waals surface area contributed by atoms with Crippen molar-refractivity contribution in [3.63, 3.8) is 0 Å². The summed E-state index contributed by atoms with van der Waals surface area (Å²) in [7, 11) is 0. The molecule has 0 spiro atoms. The molecule has 1 heterocycles. The summed E-state index contributed by atoms with van der Waals surface area (Å²) in [5.41, 5.74) is 0.616. The van der Waals surface area contributed by atoms with Crippen molar-refractivity contribution < 1.29 is 9.18 Å². The molecule has 24 heavy (non-hydrogen) atoms. The second-order valence-electron chi connectivity index (χ2n) is 6.71. The van der Waals surface area contributed by atoms with E-state index in [0.717, 1.165) is 10.2 Å². The average Bonchev–Trinajstić information content (AvgIpc) is 2.54. The fourth-order valence-electron chi connectivity index (χ4n) is 2.62. The second-order valence-corrected chi connectivity index (χ2v) is 6.71. The lowest BCUT2D eigenvalue weighted by molar-refractivity contribution is 0.112. The Bertz CT molecular complexity index is 1000. The fraction of sp³-hybridized carbons (Fsp3) is 0.211. The number of benzene rings is 2. The minimum absolute atomic E-state index is 0.0290. The Labute approximate surface area is 138 Å². The van der Waals surface area contributed by atoms with Gasteiger partial charge in [-0.15, -0.1) is 0 Å². The van der Waals surface area contributed by atoms with Crippen molar-refractivity contribution in [1.29, 1.82) is 0 Å². The molecule has 0 amide bonds. The number of hydrogen-bond acceptors (Lipinski definition) is 3. The Morgan fingerprint density at radius 2 is 1.88 bits per heavy atom. The molecule has 0 radical (unpaired) electrons. The molecule has 0 N–H and O–H groups in total. The first-order valence-electron chi connectivity index (χ1n) is 7.59. The van der Waals surface area contributed by atoms with Gasteiger partial charge in [0.2, 0.25) is 0 Å². The van der Waals surface area contributed by atoms with E-state index in [1.807, 2.05) is 20.8 Å². The maximum absolute atomic E-state index is 14.6. The predicted molar refractivity (Wildman–Crippen MR) is 91.4 cm³/mol. The number of carbonyl (C=O) groups excluding carboxylic acids is 1. The van der Waals surface area contributed by atoms with Crippen molar-refractivity contribution in [2.24, 2.45) is 0 Å². The number of para-hydroxylation sites is 1. The minimum Gasteiger partial charge on any atom is -0.298 e. The fourth-order valence-corrected chi connectivity index (χ4v) is 2.62. The number of fused-ring (bicyclic) bond motifs is 1. The summed E-state index contributed by atoms with van der Waals surface area (Å²) in [6.45, 7) is 5.92. The molecule has 3 rings (SSSR count). The molecule has 122 valence electrons. The Morgan fingerprint density at radius 3 is 2.54 bits per heavy atom. The number of nitrogens with zero attached hydrogens (tertiary/aromatic N) is 2. The maximum Gasteiger partial charge on any atom is 0.282 e. The standard InChI is InChI=1S/C19H17FN2O2/c1-19(2,3)14-8-13-10-21-22(18(24)17(13)15(20)9-14)16-7-5-4-6-12(16)11-23/h4-11H,1-3H3. The molecule has 0 aliphatic heterocycles. The molecule has 1 aromatic heterocycles. The van der Waals surface area contributed by atoms with Gasteiger partial charge in [0, 0.05) is 10.9 Å². The van der Waals surface area contributed by atoms with Crippen LogP contribution in [0.3, 0.4) is 0 Å². The molecular formula is C19H17FN2O2. The summed E-state index contributed by atoms with van der Waals surface area (Å²) in [5.74, 6) is -0.581. The van der Waals surface area contributed by atoms with E-state index in [4.69, 9.17) is 0 Å². The van der Waals surface area contributed by atoms with Gasteiger partial charge in [0.25, 0.3) is 5.56 Å². The van der Waals surface area contributed by atoms with Crippen molar-refractivity contribution in [3.05, 3.63) is 69.9 Å². The smallest absolute Gasteiger partial charge is 0.282 e. The van der Waals surface area contributed by atoms with E-state index in [2.05, 4.69) is 5.10 Å². The van der Waals surface area contributed by atoms with Crippen molar-refractivity contribution in [2.75, 3.05) is 0 Å². The first-order valence-corrected chi connectivity index (χ1v) is 7.59. The highest BCUT2D eigenvalue weighted by molar-refractivity contribution is 5.84. The third kappa shape index (κ3) is 2.62. The lowest BCUT2D eigenvalue weighted by Gasteiger charge is -2.20. The topological polar surface area (TPSA) is 52.0 Å². The molecule has 0 saturated heterocycles. The molecule has 0 aliphatic carbocycles. The number of rotatable bonds is 2. The van der Waals surface area contributed by atoms with Gasteiger partial charge in [0.1, 0.15) is 5.82 Å². The maximum atomic E-state index is 14.6. The zero-order valence-electron chi connectivity index (χ0n) is 13.7. The highest BCUT2D eigenvalue weighted by atomic mass is 19.1. The van der Waals surface area contributed by atoms with Crippen LogP contribution in [0.5, 0.6) is 0 Å². The van der Waals surface area contributed by atoms with Crippen molar-refractivity contribution in [3.8, 4) is 5.69 Å². The van der Waals surface area contributed by atoms with Crippen LogP contribution in [0.2, 0.25) is 0 Å². The van der Waals surface area contributed by atoms with Gasteiger partial charge in [-0.2, -0.15) is 9.78 Å². The minimum atomic E-state index is -0.584. The van der Waals surface area contributed by atoms with Gasteiger partial charge in [-0.3, -0.25) is 9.59 Å². The summed E-state index contributed by atoms with van der Waals surface area (Å²) in [6, 6.07) is 9.74. The summed E-state index contributed by atoms with van der Waals surface area (Å²) in [6.07, 6.45) is 2.10. The van der Waals surface area contributed by atoms with Crippen LogP contribution in [-0.2, 0) is 5.41 Å². The van der Waals surface area contributed by atoms with Crippen LogP contribution in [0, 0.1) is 5.82 Å². The van der Waals surface area contributed by atoms with E-state index in [0.29, 0.717) is 22.9 Å². The van der Waals surface area contributed by atoms with E-state index in [-0.39, 0.29) is 10.8 Å². The molecule has 2 aromatic carbocycles. The van der Waals surface area contributed by atoms with Crippen molar-refractivity contribution >= 4 is 17.1 Å². The molecular weight excluding hydrogens is 307 g/mol. The zero-order chi connectivity index (χ0) is 17.5. The first-order chi connectivity index (χ1) is 11.3. The summed E-state index contributed by atoms with van der Waals surface area (Å²) < 4.78 is 15.7. The number of hydrogen-bond donors (Lipinski definition) is 0. The Hall–Kier alpha value is -2.82. The van der Waals surface area contributed by atoms with E-state index < -0.39 is 11.4 Å². The lowest BCUT2D eigenvalue weighted by Crippen LogP contribution is -2.23. The molecule has 0 unspecified atom stereocenters. The largest absolute Gasteiger partial charge is 0.298 e. The predicted octanol–water partition coefficient (Wildman–Crippen LogP) is 3.63. The van der Waals surface area contributed by atoms with Crippen LogP contribution in [0.4, 0.5) is 4.39 Å². The van der Waals surface area contributed by atoms with E-state index in [1.165, 1.54) is 12.3 Å². The van der Waals surface area contributed by atoms with Crippen molar-refractivity contribution in [1.82, 2.24) is 9.78 Å². The molecule has 5 heteroatoms. The van der Waals surface area contributed by atoms with Crippen LogP contribution in [0.1, 0.15) is 36.7 Å². The zero-order valence-corrected chi connectivity index (χ0v) is 13.7. The molecule has 3 aromatic rings. The Kier molecular flexibility index (Phi) is 3.79. The second kappa shape index (κ2) is 5.67. The molecule has 0 saturated carbocycles. The average molecular weight is 324 g/mol. The van der Waals surface area contributed by atoms with E-state index in [1.54, 1.807) is 30.3 Å². The third-order valence-electron chi connectivity index (χ3n) is 4.00. The van der Waals surface area contributed by atoms with Gasteiger partial charge < -0.3 is 0 Å². The van der Waals surface area contributed by atoms with Gasteiger partial charge in [-0.05, 0) is 35.2 Å². The normalized spacial score (nSPS) is 11.7. The van der Waals surface area contributed by atoms with Crippen LogP contribution in [-0.4, -0.2) is 16.1 Å². The third-order valence-corrected chi connectivity index (χ3v) is 4.00. The quantitative estimate of drug-likeness (QED) is 0.676. The van der Waals surface area contributed by atoms with Crippen LogP contribution < -0.4 is 5.56 Å². The summed E-state index contributed by atoms with van der Waals surface area (Å²) in [4.78, 5) is 23.9. The molecule has 0 aliphatic rings. The van der Waals surface area contributed by atoms with Gasteiger partial charge in [0.15, 0.2) is 6.29 Å². The summed E-state index contributed by atoms with van der Waals surface area (Å²) >= 11 is 0. The van der Waals surface area contributed by atoms with Gasteiger partial charge in [-0.1, -0.05) is 32.9 Å². The number of aromatic nitrogens is 2. The monoisotopic (exact) mass is 324 g/mol. The van der Waals surface area contributed by atoms with E-state index >= 15 is 0 Å². The number of aldehydes is 1. The highest BCUT2D eigenvalue weighted by Gasteiger charge is 2.19. The molecule has 4 nitrogen and oxygen atoms in total. The molecule has 0 fully saturated rings. The number of carbonyl (C=O) groups is 1. The Morgan fingerprint density at radius 1 is 1.17 bits per heavy atom. The van der Waals surface area contributed by atoms with Gasteiger partial charge in [0.05, 0.1) is 17.3 Å². The summed E-state index contributed by atoms with van der Waals surface area (Å²) in [5, 5.41) is 4.55. The molecule has 0 bridgehead atoms. The molecule has 0 atom stereocenters. The van der Waals surface area contributed by atoms with Gasteiger partial charge in [-0.25, -0.2) is 4.39 Å². The SMILES string of the molecule is CC(C)(C)c1cc(F)c2c(=O)n(-c3ccccc3C=O)ncc2c1. The van der Waals surface area contributed by atoms with Crippen LogP contribution >= 0.6 is 0 Å². The lowest BCUT2D eigenvalue weighted by atomic mass is 9.86. The van der Waals surface area contributed by atoms with Crippen LogP contribution in [0.15, 0.2) is 47.4 Å². The number of halogens is 1. The first kappa shape index (κ1) is 16.1. The highest BCUT2D eigenvalue weighted by Crippen LogP contribution is 2.27. The van der Waals surface area contributed by atoms with Crippen molar-refractivity contribution in [2.45, 2.75) is 26.2 Å².